The molecule has 0 aromatic rings. The molecule has 2 atom stereocenters. The molecule has 0 radical (unpaired) electrons. The van der Waals surface area contributed by atoms with Crippen molar-refractivity contribution in [2.24, 2.45) is 0 Å². The monoisotopic (exact) mass is 255 g/mol. The first-order valence-electron chi connectivity index (χ1n) is 3.76. The molecule has 0 aromatic carbocycles. The summed E-state index contributed by atoms with van der Waals surface area (Å²) in [5.41, 5.74) is 0. The van der Waals surface area contributed by atoms with Gasteiger partial charge in [-0.15, -0.1) is 0 Å². The van der Waals surface area contributed by atoms with E-state index in [1.165, 1.54) is 0 Å². The zero-order valence-corrected chi connectivity index (χ0v) is 9.70. The minimum Gasteiger partial charge on any atom is -0.355 e. The number of hydrogen-bond donors (Lipinski definition) is 1. The van der Waals surface area contributed by atoms with Crippen molar-refractivity contribution in [2.45, 2.75) is 18.2 Å². The van der Waals surface area contributed by atoms with Gasteiger partial charge < -0.3 is 5.32 Å². The predicted octanol–water partition coefficient (Wildman–Crippen LogP) is 0.655. The Kier molecular flexibility index (Phi) is 6.65. The molecule has 0 rings (SSSR count). The van der Waals surface area contributed by atoms with Gasteiger partial charge in [0.05, 0.1) is 4.83 Å². The molecule has 0 spiro atoms. The normalized spacial score (nSPS) is 15.2. The largest absolute Gasteiger partial charge is 0.355 e. The van der Waals surface area contributed by atoms with Gasteiger partial charge in [0, 0.05) is 29.4 Å². The highest BCUT2D eigenvalue weighted by atomic mass is 79.9. The first-order chi connectivity index (χ1) is 5.54. The van der Waals surface area contributed by atoms with E-state index in [-0.39, 0.29) is 10.7 Å². The lowest BCUT2D eigenvalue weighted by atomic mass is 10.4. The Morgan fingerprint density at radius 3 is 2.67 bits per heavy atom. The maximum atomic E-state index is 11.0. The lowest BCUT2D eigenvalue weighted by Crippen LogP contribution is -2.30. The number of nitrogens with one attached hydrogen (secondary N) is 1. The Morgan fingerprint density at radius 2 is 2.25 bits per heavy atom. The van der Waals surface area contributed by atoms with Crippen LogP contribution in [0.2, 0.25) is 0 Å². The summed E-state index contributed by atoms with van der Waals surface area (Å²) in [6.07, 6.45) is 2.43. The molecule has 0 bridgehead atoms. The van der Waals surface area contributed by atoms with Gasteiger partial charge in [-0.2, -0.15) is 0 Å². The number of amides is 1. The fraction of sp³-hybridized carbons (Fsp3) is 0.857. The molecule has 0 aliphatic carbocycles. The molecule has 0 aromatic heterocycles. The Balaban J connectivity index is 3.32. The fourth-order valence-corrected chi connectivity index (χ4v) is 1.34. The smallest absolute Gasteiger partial charge is 0.233 e. The average molecular weight is 256 g/mol. The van der Waals surface area contributed by atoms with Crippen LogP contribution in [-0.4, -0.2) is 33.5 Å². The molecular formula is C7H14BrNO2S. The first-order valence-corrected chi connectivity index (χ1v) is 6.40. The summed E-state index contributed by atoms with van der Waals surface area (Å²) in [4.78, 5) is 10.8. The van der Waals surface area contributed by atoms with Gasteiger partial charge in [0.2, 0.25) is 5.91 Å². The van der Waals surface area contributed by atoms with Crippen LogP contribution in [0.4, 0.5) is 0 Å². The van der Waals surface area contributed by atoms with Crippen LogP contribution in [0, 0.1) is 0 Å². The minimum atomic E-state index is -0.754. The molecule has 5 heteroatoms. The molecule has 0 saturated carbocycles. The van der Waals surface area contributed by atoms with Crippen molar-refractivity contribution in [3.05, 3.63) is 0 Å². The molecule has 0 fully saturated rings. The van der Waals surface area contributed by atoms with Gasteiger partial charge in [0.25, 0.3) is 0 Å². The van der Waals surface area contributed by atoms with Crippen LogP contribution in [0.5, 0.6) is 0 Å². The molecule has 0 aliphatic rings. The van der Waals surface area contributed by atoms with Crippen molar-refractivity contribution >= 4 is 32.6 Å². The summed E-state index contributed by atoms with van der Waals surface area (Å²) in [5, 5.41) is 2.72. The van der Waals surface area contributed by atoms with Crippen LogP contribution in [0.15, 0.2) is 0 Å². The van der Waals surface area contributed by atoms with Crippen molar-refractivity contribution in [3.8, 4) is 0 Å². The quantitative estimate of drug-likeness (QED) is 0.580. The second-order valence-electron chi connectivity index (χ2n) is 2.54. The predicted molar refractivity (Wildman–Crippen MR) is 54.9 cm³/mol. The number of carbonyl (C=O) groups excluding carboxylic acids is 1. The Hall–Kier alpha value is 0.1000. The maximum Gasteiger partial charge on any atom is 0.233 e. The number of rotatable bonds is 5. The summed E-state index contributed by atoms with van der Waals surface area (Å²) in [7, 11) is -0.754. The molecule has 1 amide bonds. The van der Waals surface area contributed by atoms with Crippen LogP contribution in [0.1, 0.15) is 13.3 Å². The van der Waals surface area contributed by atoms with E-state index in [2.05, 4.69) is 21.2 Å². The Labute approximate surface area is 83.9 Å². The molecular weight excluding hydrogens is 242 g/mol. The highest BCUT2D eigenvalue weighted by molar-refractivity contribution is 9.10. The number of alkyl halides is 1. The SMILES string of the molecule is CC(Br)C(=O)NCCCS(C)=O. The van der Waals surface area contributed by atoms with Gasteiger partial charge in [-0.3, -0.25) is 9.00 Å². The van der Waals surface area contributed by atoms with Crippen LogP contribution in [0.3, 0.4) is 0 Å². The van der Waals surface area contributed by atoms with Crippen molar-refractivity contribution in [1.29, 1.82) is 0 Å². The van der Waals surface area contributed by atoms with Gasteiger partial charge in [-0.25, -0.2) is 0 Å². The van der Waals surface area contributed by atoms with E-state index in [1.54, 1.807) is 13.2 Å². The summed E-state index contributed by atoms with van der Waals surface area (Å²) in [6.45, 7) is 2.38. The van der Waals surface area contributed by atoms with Gasteiger partial charge in [-0.05, 0) is 13.3 Å². The van der Waals surface area contributed by atoms with Gasteiger partial charge in [-0.1, -0.05) is 15.9 Å². The van der Waals surface area contributed by atoms with E-state index in [9.17, 15) is 9.00 Å². The molecule has 2 unspecified atom stereocenters. The second-order valence-corrected chi connectivity index (χ2v) is 5.47. The van der Waals surface area contributed by atoms with Crippen molar-refractivity contribution in [2.75, 3.05) is 18.6 Å². The molecule has 0 aliphatic heterocycles. The number of halogens is 1. The molecule has 72 valence electrons. The van der Waals surface area contributed by atoms with Crippen molar-refractivity contribution < 1.29 is 9.00 Å². The number of hydrogen-bond acceptors (Lipinski definition) is 2. The summed E-state index contributed by atoms with van der Waals surface area (Å²) in [6, 6.07) is 0. The molecule has 12 heavy (non-hydrogen) atoms. The zero-order chi connectivity index (χ0) is 9.56. The molecule has 3 nitrogen and oxygen atoms in total. The third kappa shape index (κ3) is 6.79. The third-order valence-electron chi connectivity index (χ3n) is 1.27. The number of carbonyl (C=O) groups is 1. The van der Waals surface area contributed by atoms with E-state index in [0.29, 0.717) is 12.3 Å². The van der Waals surface area contributed by atoms with Gasteiger partial charge in [0.1, 0.15) is 0 Å². The van der Waals surface area contributed by atoms with Crippen molar-refractivity contribution in [3.63, 3.8) is 0 Å². The lowest BCUT2D eigenvalue weighted by molar-refractivity contribution is -0.120. The maximum absolute atomic E-state index is 11.0. The van der Waals surface area contributed by atoms with Crippen LogP contribution in [0.25, 0.3) is 0 Å². The summed E-state index contributed by atoms with van der Waals surface area (Å²) in [5.74, 6) is 0.633. The summed E-state index contributed by atoms with van der Waals surface area (Å²) >= 11 is 3.15. The Bertz CT molecular complexity index is 173. The van der Waals surface area contributed by atoms with E-state index in [0.717, 1.165) is 6.42 Å². The lowest BCUT2D eigenvalue weighted by Gasteiger charge is -2.04. The van der Waals surface area contributed by atoms with Gasteiger partial charge in [0.15, 0.2) is 0 Å². The first kappa shape index (κ1) is 12.1. The van der Waals surface area contributed by atoms with Crippen molar-refractivity contribution in [1.82, 2.24) is 5.32 Å². The van der Waals surface area contributed by atoms with Crippen LogP contribution in [-0.2, 0) is 15.6 Å². The molecule has 1 N–H and O–H groups in total. The minimum absolute atomic E-state index is 0.0168. The van der Waals surface area contributed by atoms with Crippen LogP contribution < -0.4 is 5.32 Å². The highest BCUT2D eigenvalue weighted by Crippen LogP contribution is 1.95. The zero-order valence-electron chi connectivity index (χ0n) is 7.30. The van der Waals surface area contributed by atoms with E-state index in [4.69, 9.17) is 0 Å². The molecule has 0 saturated heterocycles. The van der Waals surface area contributed by atoms with E-state index >= 15 is 0 Å². The van der Waals surface area contributed by atoms with Crippen LogP contribution >= 0.6 is 15.9 Å². The van der Waals surface area contributed by atoms with Gasteiger partial charge >= 0.3 is 0 Å². The standard InChI is InChI=1S/C7H14BrNO2S/c1-6(8)7(10)9-4-3-5-12(2)11/h6H,3-5H2,1-2H3,(H,9,10). The third-order valence-corrected chi connectivity index (χ3v) is 2.55. The topological polar surface area (TPSA) is 46.2 Å². The molecule has 0 heterocycles. The Morgan fingerprint density at radius 1 is 1.67 bits per heavy atom. The average Bonchev–Trinajstić information content (AvgIpc) is 1.97. The fourth-order valence-electron chi connectivity index (χ4n) is 0.628. The summed E-state index contributed by atoms with van der Waals surface area (Å²) < 4.78 is 10.6. The second kappa shape index (κ2) is 6.60. The highest BCUT2D eigenvalue weighted by Gasteiger charge is 2.06. The van der Waals surface area contributed by atoms with E-state index < -0.39 is 10.8 Å². The van der Waals surface area contributed by atoms with E-state index in [1.807, 2.05) is 0 Å².